The van der Waals surface area contributed by atoms with Crippen LogP contribution >= 0.6 is 8.69 Å². The molecule has 3 heteroatoms. The van der Waals surface area contributed by atoms with Crippen molar-refractivity contribution in [3.8, 4) is 0 Å². The van der Waals surface area contributed by atoms with E-state index in [0.29, 0.717) is 0 Å². The first-order chi connectivity index (χ1) is 9.18. The maximum absolute atomic E-state index is 8.51. The number of rotatable bonds is 12. The van der Waals surface area contributed by atoms with Crippen molar-refractivity contribution in [2.75, 3.05) is 0 Å². The molecule has 0 amide bonds. The Hall–Kier alpha value is 0.0600. The second-order valence-electron chi connectivity index (χ2n) is 5.81. The van der Waals surface area contributed by atoms with E-state index < -0.39 is 8.69 Å². The summed E-state index contributed by atoms with van der Waals surface area (Å²) in [4.78, 5) is 7.04. The SMILES string of the molecule is CCCCCCCCCCCCCC(C)C.O=[PH+]O. The van der Waals surface area contributed by atoms with Crippen molar-refractivity contribution in [3.05, 3.63) is 0 Å². The van der Waals surface area contributed by atoms with Crippen LogP contribution in [0.25, 0.3) is 0 Å². The maximum Gasteiger partial charge on any atom is 0.491 e. The summed E-state index contributed by atoms with van der Waals surface area (Å²) in [6.07, 6.45) is 17.5. The smallest absolute Gasteiger partial charge is 0.162 e. The summed E-state index contributed by atoms with van der Waals surface area (Å²) < 4.78 is 8.51. The third-order valence-corrected chi connectivity index (χ3v) is 3.39. The van der Waals surface area contributed by atoms with Crippen LogP contribution in [-0.2, 0) is 4.57 Å². The molecular weight excluding hydrogens is 255 g/mol. The lowest BCUT2D eigenvalue weighted by molar-refractivity contribution is 0.504. The van der Waals surface area contributed by atoms with E-state index in [2.05, 4.69) is 20.8 Å². The Labute approximate surface area is 122 Å². The molecule has 0 aliphatic carbocycles. The van der Waals surface area contributed by atoms with Crippen LogP contribution in [0.4, 0.5) is 0 Å². The zero-order valence-corrected chi connectivity index (χ0v) is 14.4. The number of unbranched alkanes of at least 4 members (excludes halogenated alkanes) is 10. The molecule has 0 aromatic carbocycles. The van der Waals surface area contributed by atoms with Crippen molar-refractivity contribution in [3.63, 3.8) is 0 Å². The second-order valence-corrected chi connectivity index (χ2v) is 5.99. The average Bonchev–Trinajstić information content (AvgIpc) is 2.36. The zero-order chi connectivity index (χ0) is 14.8. The van der Waals surface area contributed by atoms with Gasteiger partial charge < -0.3 is 0 Å². The molecule has 0 aliphatic rings. The Morgan fingerprint density at radius 1 is 0.789 bits per heavy atom. The second kappa shape index (κ2) is 20.4. The van der Waals surface area contributed by atoms with Crippen molar-refractivity contribution in [1.82, 2.24) is 0 Å². The Morgan fingerprint density at radius 3 is 1.42 bits per heavy atom. The minimum absolute atomic E-state index is 0.901. The molecular formula is C16H36O2P+. The quantitative estimate of drug-likeness (QED) is 0.340. The van der Waals surface area contributed by atoms with E-state index in [1.54, 1.807) is 0 Å². The monoisotopic (exact) mass is 291 g/mol. The Bertz CT molecular complexity index is 161. The largest absolute Gasteiger partial charge is 0.491 e. The zero-order valence-electron chi connectivity index (χ0n) is 13.4. The molecule has 1 atom stereocenters. The molecule has 0 saturated carbocycles. The van der Waals surface area contributed by atoms with E-state index in [4.69, 9.17) is 9.46 Å². The number of hydrogen-bond donors (Lipinski definition) is 1. The molecule has 0 bridgehead atoms. The standard InChI is InChI=1S/C16H34.HO2P/c1-4-5-6-7-8-9-10-11-12-13-14-15-16(2)3;1-3-2/h16H,4-15H2,1-3H3;3H/p+1. The van der Waals surface area contributed by atoms with Gasteiger partial charge in [0, 0.05) is 0 Å². The molecule has 116 valence electrons. The van der Waals surface area contributed by atoms with Gasteiger partial charge in [0.1, 0.15) is 0 Å². The van der Waals surface area contributed by atoms with Crippen LogP contribution in [0.2, 0.25) is 0 Å². The Morgan fingerprint density at radius 2 is 1.11 bits per heavy atom. The van der Waals surface area contributed by atoms with Crippen LogP contribution in [0.15, 0.2) is 0 Å². The predicted molar refractivity (Wildman–Crippen MR) is 87.1 cm³/mol. The fraction of sp³-hybridized carbons (Fsp3) is 1.00. The molecule has 0 fully saturated rings. The van der Waals surface area contributed by atoms with E-state index in [1.807, 2.05) is 0 Å². The summed E-state index contributed by atoms with van der Waals surface area (Å²) in [6.45, 7) is 6.95. The van der Waals surface area contributed by atoms with Gasteiger partial charge in [0.15, 0.2) is 0 Å². The summed E-state index contributed by atoms with van der Waals surface area (Å²) >= 11 is 0. The van der Waals surface area contributed by atoms with Gasteiger partial charge in [-0.25, -0.2) is 0 Å². The molecule has 19 heavy (non-hydrogen) atoms. The van der Waals surface area contributed by atoms with E-state index in [1.165, 1.54) is 77.0 Å². The lowest BCUT2D eigenvalue weighted by Crippen LogP contribution is -1.87. The van der Waals surface area contributed by atoms with Gasteiger partial charge in [0.2, 0.25) is 0 Å². The highest BCUT2D eigenvalue weighted by Crippen LogP contribution is 2.13. The van der Waals surface area contributed by atoms with Crippen LogP contribution in [0.1, 0.15) is 97.8 Å². The van der Waals surface area contributed by atoms with Crippen molar-refractivity contribution < 1.29 is 9.46 Å². The third kappa shape index (κ3) is 27.3. The molecule has 0 aromatic heterocycles. The molecule has 0 heterocycles. The first-order valence-corrected chi connectivity index (χ1v) is 9.05. The highest BCUT2D eigenvalue weighted by molar-refractivity contribution is 7.16. The third-order valence-electron chi connectivity index (χ3n) is 3.39. The summed E-state index contributed by atoms with van der Waals surface area (Å²) in [5.74, 6) is 0.901. The van der Waals surface area contributed by atoms with E-state index in [0.717, 1.165) is 5.92 Å². The van der Waals surface area contributed by atoms with Crippen molar-refractivity contribution >= 4 is 8.69 Å². The minimum atomic E-state index is -1.17. The number of hydrogen-bond acceptors (Lipinski definition) is 1. The topological polar surface area (TPSA) is 37.3 Å². The Kier molecular flexibility index (Phi) is 22.9. The van der Waals surface area contributed by atoms with Crippen LogP contribution < -0.4 is 0 Å². The summed E-state index contributed by atoms with van der Waals surface area (Å²) in [5.41, 5.74) is 0. The highest BCUT2D eigenvalue weighted by atomic mass is 31.1. The molecule has 0 radical (unpaired) electrons. The van der Waals surface area contributed by atoms with Gasteiger partial charge in [-0.2, -0.15) is 4.89 Å². The van der Waals surface area contributed by atoms with Crippen molar-refractivity contribution in [2.24, 2.45) is 5.92 Å². The van der Waals surface area contributed by atoms with Gasteiger partial charge in [0.05, 0.1) is 0 Å². The van der Waals surface area contributed by atoms with Crippen LogP contribution in [-0.4, -0.2) is 4.89 Å². The fourth-order valence-corrected chi connectivity index (χ4v) is 2.22. The molecule has 0 saturated heterocycles. The van der Waals surface area contributed by atoms with Gasteiger partial charge in [-0.05, 0) is 10.5 Å². The molecule has 0 spiro atoms. The molecule has 1 unspecified atom stereocenters. The average molecular weight is 291 g/mol. The van der Waals surface area contributed by atoms with Gasteiger partial charge in [-0.15, -0.1) is 0 Å². The van der Waals surface area contributed by atoms with Gasteiger partial charge in [-0.3, -0.25) is 0 Å². The minimum Gasteiger partial charge on any atom is -0.162 e. The highest BCUT2D eigenvalue weighted by Gasteiger charge is 1.95. The summed E-state index contributed by atoms with van der Waals surface area (Å²) in [7, 11) is -1.17. The summed E-state index contributed by atoms with van der Waals surface area (Å²) in [6, 6.07) is 0. The molecule has 0 aromatic rings. The Balaban J connectivity index is 0. The van der Waals surface area contributed by atoms with Crippen LogP contribution in [0, 0.1) is 5.92 Å². The lowest BCUT2D eigenvalue weighted by Gasteiger charge is -2.04. The first-order valence-electron chi connectivity index (χ1n) is 8.20. The fourth-order valence-electron chi connectivity index (χ4n) is 2.22. The van der Waals surface area contributed by atoms with E-state index in [9.17, 15) is 0 Å². The summed E-state index contributed by atoms with van der Waals surface area (Å²) in [5, 5.41) is 0. The van der Waals surface area contributed by atoms with Gasteiger partial charge in [-0.1, -0.05) is 97.8 Å². The van der Waals surface area contributed by atoms with Crippen LogP contribution in [0.5, 0.6) is 0 Å². The van der Waals surface area contributed by atoms with E-state index >= 15 is 0 Å². The van der Waals surface area contributed by atoms with Gasteiger partial charge in [0.25, 0.3) is 0 Å². The first kappa shape index (κ1) is 21.4. The van der Waals surface area contributed by atoms with Crippen LogP contribution in [0.3, 0.4) is 0 Å². The van der Waals surface area contributed by atoms with Crippen molar-refractivity contribution in [2.45, 2.75) is 97.8 Å². The molecule has 0 rings (SSSR count). The molecule has 0 aliphatic heterocycles. The maximum atomic E-state index is 8.51. The molecule has 1 N–H and O–H groups in total. The normalized spacial score (nSPS) is 10.6. The lowest BCUT2D eigenvalue weighted by atomic mass is 10.0. The predicted octanol–water partition coefficient (Wildman–Crippen LogP) is 6.26. The van der Waals surface area contributed by atoms with Gasteiger partial charge >= 0.3 is 8.69 Å². The van der Waals surface area contributed by atoms with E-state index in [-0.39, 0.29) is 0 Å². The molecule has 2 nitrogen and oxygen atoms in total. The van der Waals surface area contributed by atoms with Crippen molar-refractivity contribution in [1.29, 1.82) is 0 Å².